The van der Waals surface area contributed by atoms with Crippen LogP contribution in [0.15, 0.2) is 0 Å². The fraction of sp³-hybridized carbons (Fsp3) is 0.917. The van der Waals surface area contributed by atoms with Crippen molar-refractivity contribution in [3.05, 3.63) is 0 Å². The molecule has 0 aromatic heterocycles. The van der Waals surface area contributed by atoms with Crippen molar-refractivity contribution in [1.29, 1.82) is 0 Å². The molecule has 0 rings (SSSR count). The fourth-order valence-electron chi connectivity index (χ4n) is 1.12. The van der Waals surface area contributed by atoms with Gasteiger partial charge in [0.15, 0.2) is 0 Å². The number of nitrogens with one attached hydrogen (secondary N) is 2. The minimum atomic E-state index is -2.92. The lowest BCUT2D eigenvalue weighted by Gasteiger charge is -2.25. The summed E-state index contributed by atoms with van der Waals surface area (Å²) in [5.41, 5.74) is -0.363. The highest BCUT2D eigenvalue weighted by molar-refractivity contribution is 5.76. The number of carbonyl (C=O) groups excluding carboxylic acids is 1. The molecule has 114 valence electrons. The minimum Gasteiger partial charge on any atom is -0.387 e. The van der Waals surface area contributed by atoms with Crippen LogP contribution < -0.4 is 10.6 Å². The van der Waals surface area contributed by atoms with E-state index in [4.69, 9.17) is 9.84 Å². The molecule has 0 heterocycles. The summed E-state index contributed by atoms with van der Waals surface area (Å²) in [6, 6.07) is 0. The van der Waals surface area contributed by atoms with E-state index in [1.807, 2.05) is 20.8 Å². The van der Waals surface area contributed by atoms with Gasteiger partial charge in [-0.1, -0.05) is 0 Å². The Morgan fingerprint density at radius 2 is 1.95 bits per heavy atom. The third-order valence-corrected chi connectivity index (χ3v) is 2.12. The van der Waals surface area contributed by atoms with E-state index in [1.165, 1.54) is 0 Å². The summed E-state index contributed by atoms with van der Waals surface area (Å²) < 4.78 is 31.6. The maximum Gasteiger partial charge on any atom is 0.283 e. The van der Waals surface area contributed by atoms with E-state index in [0.717, 1.165) is 0 Å². The first-order valence-corrected chi connectivity index (χ1v) is 6.24. The summed E-state index contributed by atoms with van der Waals surface area (Å²) in [5.74, 6) is -3.40. The van der Waals surface area contributed by atoms with Crippen LogP contribution in [0.25, 0.3) is 0 Å². The number of rotatable bonds is 9. The number of hydrogen-bond acceptors (Lipinski definition) is 4. The molecule has 7 heteroatoms. The second kappa shape index (κ2) is 8.39. The van der Waals surface area contributed by atoms with Crippen LogP contribution in [0, 0.1) is 0 Å². The number of hydrogen-bond donors (Lipinski definition) is 3. The van der Waals surface area contributed by atoms with Gasteiger partial charge < -0.3 is 20.5 Å². The summed E-state index contributed by atoms with van der Waals surface area (Å²) in [5, 5.41) is 13.5. The largest absolute Gasteiger partial charge is 0.387 e. The molecular weight excluding hydrogens is 258 g/mol. The second-order valence-electron chi connectivity index (χ2n) is 5.37. The number of halogens is 2. The topological polar surface area (TPSA) is 70.6 Å². The SMILES string of the molecule is CC(C)(C)NCC(F)(F)COCCCNC(=O)CO. The Balaban J connectivity index is 3.61. The highest BCUT2D eigenvalue weighted by Crippen LogP contribution is 2.14. The van der Waals surface area contributed by atoms with Gasteiger partial charge in [0.1, 0.15) is 13.2 Å². The smallest absolute Gasteiger partial charge is 0.283 e. The van der Waals surface area contributed by atoms with Gasteiger partial charge in [-0.15, -0.1) is 0 Å². The normalized spacial score (nSPS) is 12.5. The summed E-state index contributed by atoms with van der Waals surface area (Å²) in [4.78, 5) is 10.7. The third kappa shape index (κ3) is 12.0. The maximum atomic E-state index is 13.4. The number of aliphatic hydroxyl groups excluding tert-OH is 1. The van der Waals surface area contributed by atoms with Crippen LogP contribution in [-0.2, 0) is 9.53 Å². The van der Waals surface area contributed by atoms with E-state index >= 15 is 0 Å². The highest BCUT2D eigenvalue weighted by Gasteiger charge is 2.30. The molecule has 0 aromatic carbocycles. The van der Waals surface area contributed by atoms with Gasteiger partial charge in [0.2, 0.25) is 5.91 Å². The summed E-state index contributed by atoms with van der Waals surface area (Å²) in [6.07, 6.45) is 0.425. The minimum absolute atomic E-state index is 0.136. The highest BCUT2D eigenvalue weighted by atomic mass is 19.3. The zero-order valence-corrected chi connectivity index (χ0v) is 11.8. The van der Waals surface area contributed by atoms with Crippen molar-refractivity contribution in [3.63, 3.8) is 0 Å². The second-order valence-corrected chi connectivity index (χ2v) is 5.37. The van der Waals surface area contributed by atoms with E-state index in [0.29, 0.717) is 13.0 Å². The molecule has 0 aromatic rings. The van der Waals surface area contributed by atoms with Gasteiger partial charge in [0.25, 0.3) is 5.92 Å². The molecule has 0 aliphatic rings. The van der Waals surface area contributed by atoms with Crippen LogP contribution in [0.4, 0.5) is 8.78 Å². The Morgan fingerprint density at radius 1 is 1.32 bits per heavy atom. The predicted octanol–water partition coefficient (Wildman–Crippen LogP) is 0.525. The molecule has 5 nitrogen and oxygen atoms in total. The van der Waals surface area contributed by atoms with Crippen molar-refractivity contribution in [1.82, 2.24) is 10.6 Å². The van der Waals surface area contributed by atoms with Gasteiger partial charge in [0, 0.05) is 18.7 Å². The summed E-state index contributed by atoms with van der Waals surface area (Å²) >= 11 is 0. The van der Waals surface area contributed by atoms with Crippen molar-refractivity contribution in [2.75, 3.05) is 32.9 Å². The molecule has 0 atom stereocenters. The quantitative estimate of drug-likeness (QED) is 0.539. The van der Waals surface area contributed by atoms with Crippen molar-refractivity contribution in [2.24, 2.45) is 0 Å². The number of alkyl halides is 2. The summed E-state index contributed by atoms with van der Waals surface area (Å²) in [7, 11) is 0. The maximum absolute atomic E-state index is 13.4. The molecule has 0 saturated heterocycles. The third-order valence-electron chi connectivity index (χ3n) is 2.12. The fourth-order valence-corrected chi connectivity index (χ4v) is 1.12. The molecule has 0 saturated carbocycles. The van der Waals surface area contributed by atoms with E-state index in [-0.39, 0.29) is 12.1 Å². The Kier molecular flexibility index (Phi) is 8.05. The molecule has 0 fully saturated rings. The standard InChI is InChI=1S/C12H24F2N2O3/c1-11(2,3)16-8-12(13,14)9-19-6-4-5-15-10(18)7-17/h16-17H,4-9H2,1-3H3,(H,15,18). The Morgan fingerprint density at radius 3 is 2.47 bits per heavy atom. The first-order valence-electron chi connectivity index (χ1n) is 6.24. The molecule has 0 aliphatic carbocycles. The lowest BCUT2D eigenvalue weighted by molar-refractivity contribution is -0.123. The lowest BCUT2D eigenvalue weighted by Crippen LogP contribution is -2.45. The first-order chi connectivity index (χ1) is 8.66. The van der Waals surface area contributed by atoms with Crippen LogP contribution in [-0.4, -0.2) is 55.4 Å². The van der Waals surface area contributed by atoms with Gasteiger partial charge in [-0.05, 0) is 27.2 Å². The molecule has 0 unspecified atom stereocenters. The van der Waals surface area contributed by atoms with E-state index in [9.17, 15) is 13.6 Å². The van der Waals surface area contributed by atoms with Crippen molar-refractivity contribution < 1.29 is 23.4 Å². The Labute approximate surface area is 112 Å². The molecule has 0 radical (unpaired) electrons. The molecule has 1 amide bonds. The molecule has 0 aliphatic heterocycles. The van der Waals surface area contributed by atoms with E-state index in [2.05, 4.69) is 10.6 Å². The van der Waals surface area contributed by atoms with Gasteiger partial charge >= 0.3 is 0 Å². The molecule has 0 spiro atoms. The van der Waals surface area contributed by atoms with Crippen LogP contribution in [0.3, 0.4) is 0 Å². The molecule has 19 heavy (non-hydrogen) atoms. The molecule has 0 bridgehead atoms. The Hall–Kier alpha value is -0.790. The van der Waals surface area contributed by atoms with Crippen molar-refractivity contribution in [3.8, 4) is 0 Å². The summed E-state index contributed by atoms with van der Waals surface area (Å²) in [6.45, 7) is 4.22. The predicted molar refractivity (Wildman–Crippen MR) is 68.2 cm³/mol. The number of aliphatic hydroxyl groups is 1. The van der Waals surface area contributed by atoms with Gasteiger partial charge in [-0.25, -0.2) is 8.78 Å². The van der Waals surface area contributed by atoms with Crippen molar-refractivity contribution >= 4 is 5.91 Å². The zero-order chi connectivity index (χ0) is 14.9. The van der Waals surface area contributed by atoms with E-state index < -0.39 is 31.6 Å². The van der Waals surface area contributed by atoms with Crippen LogP contribution in [0.2, 0.25) is 0 Å². The van der Waals surface area contributed by atoms with E-state index in [1.54, 1.807) is 0 Å². The average molecular weight is 282 g/mol. The van der Waals surface area contributed by atoms with Crippen LogP contribution >= 0.6 is 0 Å². The zero-order valence-electron chi connectivity index (χ0n) is 11.8. The Bertz CT molecular complexity index is 268. The molecular formula is C12H24F2N2O3. The van der Waals surface area contributed by atoms with Crippen molar-refractivity contribution in [2.45, 2.75) is 38.7 Å². The number of ether oxygens (including phenoxy) is 1. The number of carbonyl (C=O) groups is 1. The van der Waals surface area contributed by atoms with Gasteiger partial charge in [-0.2, -0.15) is 0 Å². The van der Waals surface area contributed by atoms with Crippen LogP contribution in [0.1, 0.15) is 27.2 Å². The van der Waals surface area contributed by atoms with Crippen LogP contribution in [0.5, 0.6) is 0 Å². The average Bonchev–Trinajstić information content (AvgIpc) is 2.30. The monoisotopic (exact) mass is 282 g/mol. The van der Waals surface area contributed by atoms with Gasteiger partial charge in [-0.3, -0.25) is 4.79 Å². The first kappa shape index (κ1) is 18.2. The van der Waals surface area contributed by atoms with Gasteiger partial charge in [0.05, 0.1) is 6.54 Å². The number of amides is 1. The molecule has 3 N–H and O–H groups in total. The lowest BCUT2D eigenvalue weighted by atomic mass is 10.1.